The van der Waals surface area contributed by atoms with Gasteiger partial charge in [0, 0.05) is 12.5 Å². The number of ether oxygens (including phenoxy) is 1. The Morgan fingerprint density at radius 1 is 1.06 bits per heavy atom. The number of hydrogen-bond acceptors (Lipinski definition) is 4. The van der Waals surface area contributed by atoms with Crippen LogP contribution < -0.4 is 5.32 Å². The fourth-order valence-corrected chi connectivity index (χ4v) is 5.10. The van der Waals surface area contributed by atoms with E-state index in [2.05, 4.69) is 50.4 Å². The summed E-state index contributed by atoms with van der Waals surface area (Å²) in [5.74, 6) is -1.44. The summed E-state index contributed by atoms with van der Waals surface area (Å²) in [6.07, 6.45) is 1.51. The number of carbonyl (C=O) groups is 3. The molecule has 0 saturated carbocycles. The Morgan fingerprint density at radius 3 is 2.23 bits per heavy atom. The summed E-state index contributed by atoms with van der Waals surface area (Å²) in [5, 5.41) is 12.3. The lowest BCUT2D eigenvalue weighted by Gasteiger charge is -2.29. The average molecular weight is 479 g/mol. The third kappa shape index (κ3) is 5.50. The van der Waals surface area contributed by atoms with Gasteiger partial charge in [0.1, 0.15) is 18.7 Å². The summed E-state index contributed by atoms with van der Waals surface area (Å²) in [6, 6.07) is 14.5. The maximum atomic E-state index is 13.3. The van der Waals surface area contributed by atoms with Crippen LogP contribution >= 0.6 is 0 Å². The van der Waals surface area contributed by atoms with Crippen LogP contribution in [0.25, 0.3) is 11.1 Å². The number of nitrogens with one attached hydrogen (secondary N) is 1. The standard InChI is InChI=1S/C28H34N2O5/c1-28(2,3)15-14-23(25(31)30-16-8-13-24(30)26(32)33)29-27(34)35-17-22-20-11-6-4-9-18(20)19-10-5-7-12-21(19)22/h4-7,9-12,22-24H,8,13-17H2,1-3H3,(H,29,34)(H,32,33)/t23?,24-/m0/s1. The van der Waals surface area contributed by atoms with Crippen LogP contribution in [0.5, 0.6) is 0 Å². The van der Waals surface area contributed by atoms with E-state index < -0.39 is 24.1 Å². The van der Waals surface area contributed by atoms with Crippen molar-refractivity contribution in [3.63, 3.8) is 0 Å². The molecule has 2 aliphatic rings. The lowest BCUT2D eigenvalue weighted by Crippen LogP contribution is -2.52. The van der Waals surface area contributed by atoms with Gasteiger partial charge >= 0.3 is 12.1 Å². The molecule has 0 aromatic heterocycles. The zero-order valence-corrected chi connectivity index (χ0v) is 20.6. The first-order valence-electron chi connectivity index (χ1n) is 12.3. The third-order valence-electron chi connectivity index (χ3n) is 6.94. The van der Waals surface area contributed by atoms with Gasteiger partial charge in [-0.3, -0.25) is 4.79 Å². The van der Waals surface area contributed by atoms with Crippen LogP contribution in [0.15, 0.2) is 48.5 Å². The number of amides is 2. The number of alkyl carbamates (subject to hydrolysis) is 1. The van der Waals surface area contributed by atoms with Gasteiger partial charge in [-0.2, -0.15) is 0 Å². The van der Waals surface area contributed by atoms with Gasteiger partial charge in [-0.25, -0.2) is 9.59 Å². The Balaban J connectivity index is 1.45. The molecule has 7 nitrogen and oxygen atoms in total. The summed E-state index contributed by atoms with van der Waals surface area (Å²) >= 11 is 0. The van der Waals surface area contributed by atoms with Gasteiger partial charge in [0.15, 0.2) is 0 Å². The largest absolute Gasteiger partial charge is 0.480 e. The SMILES string of the molecule is CC(C)(C)CCC(NC(=O)OCC1c2ccccc2-c2ccccc21)C(=O)N1CCC[C@H]1C(=O)O. The molecule has 4 rings (SSSR count). The molecule has 1 fully saturated rings. The van der Waals surface area contributed by atoms with E-state index in [1.165, 1.54) is 4.90 Å². The zero-order valence-electron chi connectivity index (χ0n) is 20.6. The van der Waals surface area contributed by atoms with Crippen molar-refractivity contribution in [2.75, 3.05) is 13.2 Å². The maximum absolute atomic E-state index is 13.3. The summed E-state index contributed by atoms with van der Waals surface area (Å²) in [5.41, 5.74) is 4.47. The highest BCUT2D eigenvalue weighted by Crippen LogP contribution is 2.44. The molecule has 2 atom stereocenters. The summed E-state index contributed by atoms with van der Waals surface area (Å²) in [6.45, 7) is 6.74. The number of carboxylic acids is 1. The number of benzene rings is 2. The molecule has 2 amide bonds. The maximum Gasteiger partial charge on any atom is 0.407 e. The van der Waals surface area contributed by atoms with Crippen molar-refractivity contribution >= 4 is 18.0 Å². The summed E-state index contributed by atoms with van der Waals surface area (Å²) in [4.78, 5) is 39.2. The summed E-state index contributed by atoms with van der Waals surface area (Å²) < 4.78 is 5.65. The third-order valence-corrected chi connectivity index (χ3v) is 6.94. The average Bonchev–Trinajstić information content (AvgIpc) is 3.43. The van der Waals surface area contributed by atoms with E-state index in [0.29, 0.717) is 32.2 Å². The number of fused-ring (bicyclic) bond motifs is 3. The fraction of sp³-hybridized carbons (Fsp3) is 0.464. The van der Waals surface area contributed by atoms with E-state index in [1.54, 1.807) is 0 Å². The molecule has 1 aliphatic heterocycles. The van der Waals surface area contributed by atoms with Gasteiger partial charge in [0.25, 0.3) is 0 Å². The Kier molecular flexibility index (Phi) is 7.15. The van der Waals surface area contributed by atoms with Crippen LogP contribution in [0.4, 0.5) is 4.79 Å². The van der Waals surface area contributed by atoms with Gasteiger partial charge in [0.05, 0.1) is 0 Å². The smallest absolute Gasteiger partial charge is 0.407 e. The lowest BCUT2D eigenvalue weighted by atomic mass is 9.88. The molecule has 7 heteroatoms. The van der Waals surface area contributed by atoms with Crippen LogP contribution in [-0.4, -0.2) is 53.2 Å². The first kappa shape index (κ1) is 24.8. The molecule has 0 radical (unpaired) electrons. The van der Waals surface area contributed by atoms with E-state index in [0.717, 1.165) is 22.3 Å². The predicted molar refractivity (Wildman–Crippen MR) is 133 cm³/mol. The Bertz CT molecular complexity index is 1060. The highest BCUT2D eigenvalue weighted by molar-refractivity contribution is 5.89. The molecule has 1 unspecified atom stereocenters. The quantitative estimate of drug-likeness (QED) is 0.596. The van der Waals surface area contributed by atoms with E-state index in [9.17, 15) is 19.5 Å². The minimum atomic E-state index is -1.01. The predicted octanol–water partition coefficient (Wildman–Crippen LogP) is 4.80. The molecule has 1 saturated heterocycles. The number of carbonyl (C=O) groups excluding carboxylic acids is 2. The molecule has 1 heterocycles. The summed E-state index contributed by atoms with van der Waals surface area (Å²) in [7, 11) is 0. The minimum absolute atomic E-state index is 0.0431. The van der Waals surface area contributed by atoms with Crippen LogP contribution in [0, 0.1) is 5.41 Å². The molecule has 35 heavy (non-hydrogen) atoms. The normalized spacial score (nSPS) is 18.0. The first-order chi connectivity index (χ1) is 16.7. The minimum Gasteiger partial charge on any atom is -0.480 e. The first-order valence-corrected chi connectivity index (χ1v) is 12.3. The van der Waals surface area contributed by atoms with E-state index in [-0.39, 0.29) is 23.8 Å². The van der Waals surface area contributed by atoms with Crippen molar-refractivity contribution in [1.29, 1.82) is 0 Å². The van der Waals surface area contributed by atoms with Crippen LogP contribution in [0.1, 0.15) is 63.5 Å². The molecule has 2 N–H and O–H groups in total. The lowest BCUT2D eigenvalue weighted by molar-refractivity contribution is -0.149. The Morgan fingerprint density at radius 2 is 1.66 bits per heavy atom. The van der Waals surface area contributed by atoms with Crippen molar-refractivity contribution in [3.05, 3.63) is 59.7 Å². The van der Waals surface area contributed by atoms with Crippen molar-refractivity contribution in [2.45, 2.75) is 64.5 Å². The molecule has 186 valence electrons. The van der Waals surface area contributed by atoms with Crippen LogP contribution in [0.3, 0.4) is 0 Å². The molecule has 0 bridgehead atoms. The molecule has 1 aliphatic carbocycles. The fourth-order valence-electron chi connectivity index (χ4n) is 5.10. The number of likely N-dealkylation sites (tertiary alicyclic amines) is 1. The highest BCUT2D eigenvalue weighted by Gasteiger charge is 2.38. The van der Waals surface area contributed by atoms with Crippen LogP contribution in [-0.2, 0) is 14.3 Å². The highest BCUT2D eigenvalue weighted by atomic mass is 16.5. The Labute approximate surface area is 206 Å². The van der Waals surface area contributed by atoms with Gasteiger partial charge in [-0.1, -0.05) is 69.3 Å². The number of rotatable bonds is 7. The second kappa shape index (κ2) is 10.1. The monoisotopic (exact) mass is 478 g/mol. The molecule has 2 aromatic rings. The Hall–Kier alpha value is -3.35. The topological polar surface area (TPSA) is 95.9 Å². The van der Waals surface area contributed by atoms with E-state index in [4.69, 9.17) is 4.74 Å². The number of aliphatic carboxylic acids is 1. The van der Waals surface area contributed by atoms with Crippen molar-refractivity contribution < 1.29 is 24.2 Å². The van der Waals surface area contributed by atoms with Gasteiger partial charge in [0.2, 0.25) is 5.91 Å². The van der Waals surface area contributed by atoms with Crippen molar-refractivity contribution in [1.82, 2.24) is 10.2 Å². The van der Waals surface area contributed by atoms with E-state index in [1.807, 2.05) is 24.3 Å². The second-order valence-electron chi connectivity index (χ2n) is 10.6. The van der Waals surface area contributed by atoms with Crippen LogP contribution in [0.2, 0.25) is 0 Å². The second-order valence-corrected chi connectivity index (χ2v) is 10.6. The van der Waals surface area contributed by atoms with Crippen molar-refractivity contribution in [3.8, 4) is 11.1 Å². The molecule has 2 aromatic carbocycles. The molecular weight excluding hydrogens is 444 g/mol. The van der Waals surface area contributed by atoms with Gasteiger partial charge in [-0.15, -0.1) is 0 Å². The number of hydrogen-bond donors (Lipinski definition) is 2. The zero-order chi connectivity index (χ0) is 25.2. The van der Waals surface area contributed by atoms with Crippen molar-refractivity contribution in [2.24, 2.45) is 5.41 Å². The number of nitrogens with zero attached hydrogens (tertiary/aromatic N) is 1. The molecule has 0 spiro atoms. The molecular formula is C28H34N2O5. The number of carboxylic acid groups (broad SMARTS) is 1. The van der Waals surface area contributed by atoms with Gasteiger partial charge in [-0.05, 0) is 53.4 Å². The van der Waals surface area contributed by atoms with E-state index >= 15 is 0 Å². The van der Waals surface area contributed by atoms with Gasteiger partial charge < -0.3 is 20.1 Å².